The van der Waals surface area contributed by atoms with Gasteiger partial charge in [-0.05, 0) is 69.7 Å². The standard InChI is InChI=1S/C25H36N2O4Si.BrH/c1-6-25(28)26-22-15-17-24(18-16-22)27(23-13-11-10-12-14-23)20-19-21(5)32(29-7-2,30-8-3)31-9-4;/h6,10-18,21H,1,7-9,19-20H2,2-5H3,(H,26,28);1H. The fraction of sp³-hybridized carbons (Fsp3) is 0.400. The van der Waals surface area contributed by atoms with Crippen molar-refractivity contribution in [2.24, 2.45) is 0 Å². The van der Waals surface area contributed by atoms with Gasteiger partial charge in [0, 0.05) is 49.0 Å². The topological polar surface area (TPSA) is 60.0 Å². The Kier molecular flexibility index (Phi) is 13.2. The van der Waals surface area contributed by atoms with Crippen LogP contribution in [0.25, 0.3) is 0 Å². The van der Waals surface area contributed by atoms with Crippen LogP contribution >= 0.6 is 17.0 Å². The maximum absolute atomic E-state index is 11.6. The number of hydrogen-bond donors (Lipinski definition) is 1. The molecule has 2 aromatic rings. The maximum Gasteiger partial charge on any atom is 0.503 e. The molecule has 0 aliphatic rings. The fourth-order valence-corrected chi connectivity index (χ4v) is 6.38. The Balaban J connectivity index is 0.00000544. The highest BCUT2D eigenvalue weighted by Gasteiger charge is 2.46. The van der Waals surface area contributed by atoms with E-state index in [-0.39, 0.29) is 28.4 Å². The summed E-state index contributed by atoms with van der Waals surface area (Å²) < 4.78 is 18.3. The first kappa shape index (κ1) is 29.1. The van der Waals surface area contributed by atoms with Crippen LogP contribution in [-0.4, -0.2) is 41.1 Å². The van der Waals surface area contributed by atoms with E-state index in [1.807, 2.05) is 63.2 Å². The van der Waals surface area contributed by atoms with E-state index >= 15 is 0 Å². The number of hydrogen-bond acceptors (Lipinski definition) is 5. The molecule has 0 saturated heterocycles. The van der Waals surface area contributed by atoms with E-state index in [4.69, 9.17) is 13.3 Å². The third-order valence-corrected chi connectivity index (χ3v) is 8.69. The quantitative estimate of drug-likeness (QED) is 0.225. The van der Waals surface area contributed by atoms with Gasteiger partial charge in [0.15, 0.2) is 0 Å². The molecule has 1 amide bonds. The molecule has 2 aromatic carbocycles. The molecule has 0 heterocycles. The molecule has 0 bridgehead atoms. The Morgan fingerprint density at radius 1 is 0.970 bits per heavy atom. The van der Waals surface area contributed by atoms with E-state index < -0.39 is 8.80 Å². The molecule has 2 rings (SSSR count). The first-order valence-corrected chi connectivity index (χ1v) is 13.1. The van der Waals surface area contributed by atoms with Gasteiger partial charge in [0.05, 0.1) is 0 Å². The van der Waals surface area contributed by atoms with Crippen LogP contribution in [0.3, 0.4) is 0 Å². The second kappa shape index (κ2) is 15.0. The van der Waals surface area contributed by atoms with E-state index in [9.17, 15) is 4.79 Å². The Bertz CT molecular complexity index is 819. The average Bonchev–Trinajstić information content (AvgIpc) is 2.81. The van der Waals surface area contributed by atoms with Gasteiger partial charge in [0.2, 0.25) is 5.91 Å². The van der Waals surface area contributed by atoms with E-state index in [1.54, 1.807) is 0 Å². The van der Waals surface area contributed by atoms with Crippen molar-refractivity contribution in [3.8, 4) is 0 Å². The van der Waals surface area contributed by atoms with E-state index in [2.05, 4.69) is 35.9 Å². The van der Waals surface area contributed by atoms with E-state index in [0.29, 0.717) is 19.8 Å². The minimum Gasteiger partial charge on any atom is -0.374 e. The average molecular weight is 538 g/mol. The van der Waals surface area contributed by atoms with Gasteiger partial charge in [-0.2, -0.15) is 0 Å². The molecule has 6 nitrogen and oxygen atoms in total. The first-order valence-electron chi connectivity index (χ1n) is 11.3. The molecular weight excluding hydrogens is 500 g/mol. The molecular formula is C25H37BrN2O4Si. The lowest BCUT2D eigenvalue weighted by Crippen LogP contribution is -2.50. The molecule has 1 atom stereocenters. The van der Waals surface area contributed by atoms with Crippen LogP contribution in [0.5, 0.6) is 0 Å². The molecule has 1 N–H and O–H groups in total. The van der Waals surface area contributed by atoms with Crippen molar-refractivity contribution in [1.82, 2.24) is 0 Å². The van der Waals surface area contributed by atoms with Crippen LogP contribution in [0.15, 0.2) is 67.3 Å². The fourth-order valence-electron chi connectivity index (χ4n) is 3.59. The number of para-hydroxylation sites is 1. The summed E-state index contributed by atoms with van der Waals surface area (Å²) >= 11 is 0. The van der Waals surface area contributed by atoms with Gasteiger partial charge < -0.3 is 23.5 Å². The lowest BCUT2D eigenvalue weighted by atomic mass is 10.2. The molecule has 0 spiro atoms. The molecule has 0 saturated carbocycles. The highest BCUT2D eigenvalue weighted by Crippen LogP contribution is 2.32. The molecule has 0 fully saturated rings. The van der Waals surface area contributed by atoms with E-state index in [1.165, 1.54) is 6.08 Å². The summed E-state index contributed by atoms with van der Waals surface area (Å²) in [5, 5.41) is 2.79. The molecule has 0 aliphatic carbocycles. The third-order valence-electron chi connectivity index (χ3n) is 5.13. The number of nitrogens with one attached hydrogen (secondary N) is 1. The number of carbonyl (C=O) groups excluding carboxylic acids is 1. The second-order valence-corrected chi connectivity index (χ2v) is 10.4. The normalized spacial score (nSPS) is 11.9. The van der Waals surface area contributed by atoms with Gasteiger partial charge in [0.1, 0.15) is 0 Å². The van der Waals surface area contributed by atoms with Crippen molar-refractivity contribution < 1.29 is 18.1 Å². The summed E-state index contributed by atoms with van der Waals surface area (Å²) in [6, 6.07) is 18.1. The summed E-state index contributed by atoms with van der Waals surface area (Å²) in [6.07, 6.45) is 2.10. The summed E-state index contributed by atoms with van der Waals surface area (Å²) in [7, 11) is -2.78. The lowest BCUT2D eigenvalue weighted by molar-refractivity contribution is -0.111. The highest BCUT2D eigenvalue weighted by molar-refractivity contribution is 8.93. The molecule has 0 aromatic heterocycles. The molecule has 0 aliphatic heterocycles. The van der Waals surface area contributed by atoms with Crippen molar-refractivity contribution in [3.05, 3.63) is 67.3 Å². The van der Waals surface area contributed by atoms with Gasteiger partial charge in [0.25, 0.3) is 0 Å². The number of anilines is 3. The second-order valence-electron chi connectivity index (χ2n) is 7.32. The molecule has 0 radical (unpaired) electrons. The number of carbonyl (C=O) groups is 1. The van der Waals surface area contributed by atoms with Crippen LogP contribution < -0.4 is 10.2 Å². The number of benzene rings is 2. The Morgan fingerprint density at radius 2 is 1.48 bits per heavy atom. The van der Waals surface area contributed by atoms with Crippen LogP contribution in [0.4, 0.5) is 17.1 Å². The van der Waals surface area contributed by atoms with Gasteiger partial charge in [-0.25, -0.2) is 0 Å². The molecule has 182 valence electrons. The Labute approximate surface area is 210 Å². The third kappa shape index (κ3) is 8.39. The number of halogens is 1. The Hall–Kier alpha value is -1.97. The summed E-state index contributed by atoms with van der Waals surface area (Å²) in [5.41, 5.74) is 3.01. The van der Waals surface area contributed by atoms with Crippen LogP contribution in [0.2, 0.25) is 5.54 Å². The zero-order chi connectivity index (χ0) is 23.4. The SMILES string of the molecule is Br.C=CC(=O)Nc1ccc(N(CCC(C)[Si](OCC)(OCC)OCC)c2ccccc2)cc1. The van der Waals surface area contributed by atoms with Crippen molar-refractivity contribution >= 4 is 48.8 Å². The van der Waals surface area contributed by atoms with Gasteiger partial charge in [-0.15, -0.1) is 17.0 Å². The number of nitrogens with zero attached hydrogens (tertiary/aromatic N) is 1. The summed E-state index contributed by atoms with van der Waals surface area (Å²) in [4.78, 5) is 13.8. The van der Waals surface area contributed by atoms with Crippen molar-refractivity contribution in [2.45, 2.75) is 39.7 Å². The maximum atomic E-state index is 11.6. The predicted molar refractivity (Wildman–Crippen MR) is 144 cm³/mol. The number of rotatable bonds is 14. The Morgan fingerprint density at radius 3 is 1.97 bits per heavy atom. The van der Waals surface area contributed by atoms with Gasteiger partial charge in [-0.1, -0.05) is 31.7 Å². The van der Waals surface area contributed by atoms with Crippen LogP contribution in [0.1, 0.15) is 34.1 Å². The largest absolute Gasteiger partial charge is 0.503 e. The van der Waals surface area contributed by atoms with Crippen molar-refractivity contribution in [3.63, 3.8) is 0 Å². The minimum absolute atomic E-state index is 0. The predicted octanol–water partition coefficient (Wildman–Crippen LogP) is 6.36. The first-order chi connectivity index (χ1) is 15.5. The number of amides is 1. The smallest absolute Gasteiger partial charge is 0.374 e. The zero-order valence-corrected chi connectivity index (χ0v) is 22.8. The monoisotopic (exact) mass is 536 g/mol. The summed E-state index contributed by atoms with van der Waals surface area (Å²) in [6.45, 7) is 14.1. The minimum atomic E-state index is -2.78. The lowest BCUT2D eigenvalue weighted by Gasteiger charge is -2.35. The summed E-state index contributed by atoms with van der Waals surface area (Å²) in [5.74, 6) is -0.226. The van der Waals surface area contributed by atoms with E-state index in [0.717, 1.165) is 30.0 Å². The van der Waals surface area contributed by atoms with Crippen LogP contribution in [0, 0.1) is 0 Å². The van der Waals surface area contributed by atoms with Crippen LogP contribution in [-0.2, 0) is 18.1 Å². The van der Waals surface area contributed by atoms with Crippen molar-refractivity contribution in [2.75, 3.05) is 36.6 Å². The molecule has 8 heteroatoms. The van der Waals surface area contributed by atoms with Gasteiger partial charge in [-0.3, -0.25) is 4.79 Å². The molecule has 33 heavy (non-hydrogen) atoms. The molecule has 1 unspecified atom stereocenters. The zero-order valence-electron chi connectivity index (χ0n) is 20.1. The highest BCUT2D eigenvalue weighted by atomic mass is 79.9. The van der Waals surface area contributed by atoms with Crippen molar-refractivity contribution in [1.29, 1.82) is 0 Å². The van der Waals surface area contributed by atoms with Gasteiger partial charge >= 0.3 is 8.80 Å².